The van der Waals surface area contributed by atoms with Gasteiger partial charge in [0.05, 0.1) is 29.3 Å². The highest BCUT2D eigenvalue weighted by Crippen LogP contribution is 2.28. The van der Waals surface area contributed by atoms with Gasteiger partial charge in [-0.2, -0.15) is 10.4 Å². The molecule has 0 saturated carbocycles. The van der Waals surface area contributed by atoms with Crippen molar-refractivity contribution in [1.82, 2.24) is 15.2 Å². The van der Waals surface area contributed by atoms with Crippen LogP contribution in [0, 0.1) is 25.2 Å². The first-order valence-corrected chi connectivity index (χ1v) is 8.93. The summed E-state index contributed by atoms with van der Waals surface area (Å²) < 4.78 is 0. The Kier molecular flexibility index (Phi) is 4.43. The van der Waals surface area contributed by atoms with Crippen molar-refractivity contribution in [3.8, 4) is 6.07 Å². The molecule has 0 amide bonds. The largest absolute Gasteiger partial charge is 0.353 e. The summed E-state index contributed by atoms with van der Waals surface area (Å²) in [6, 6.07) is 11.8. The number of fused-ring (bicyclic) bond motifs is 1. The Balaban J connectivity index is 1.61. The molecule has 2 aromatic heterocycles. The SMILES string of the molecule is Cc1cnnc(N2CCc3ncc(Nc4ccccc4C#N)cc3C2)c1C. The van der Waals surface area contributed by atoms with E-state index in [9.17, 15) is 5.26 Å². The number of aromatic nitrogens is 3. The van der Waals surface area contributed by atoms with Crippen LogP contribution in [0.4, 0.5) is 17.2 Å². The van der Waals surface area contributed by atoms with Crippen molar-refractivity contribution < 1.29 is 0 Å². The predicted octanol–water partition coefficient (Wildman–Crippen LogP) is 3.67. The highest BCUT2D eigenvalue weighted by molar-refractivity contribution is 5.66. The summed E-state index contributed by atoms with van der Waals surface area (Å²) >= 11 is 0. The topological polar surface area (TPSA) is 77.7 Å². The number of hydrogen-bond donors (Lipinski definition) is 1. The van der Waals surface area contributed by atoms with Crippen LogP contribution in [0.5, 0.6) is 0 Å². The third kappa shape index (κ3) is 3.32. The van der Waals surface area contributed by atoms with Gasteiger partial charge in [0.15, 0.2) is 5.82 Å². The highest BCUT2D eigenvalue weighted by atomic mass is 15.3. The van der Waals surface area contributed by atoms with E-state index in [0.717, 1.165) is 48.0 Å². The molecule has 3 aromatic rings. The minimum atomic E-state index is 0.613. The minimum Gasteiger partial charge on any atom is -0.353 e. The zero-order valence-electron chi connectivity index (χ0n) is 15.4. The molecule has 1 aliphatic heterocycles. The second-order valence-electron chi connectivity index (χ2n) is 6.76. The highest BCUT2D eigenvalue weighted by Gasteiger charge is 2.21. The first-order chi connectivity index (χ1) is 13.2. The summed E-state index contributed by atoms with van der Waals surface area (Å²) in [6.45, 7) is 5.77. The molecule has 1 aromatic carbocycles. The van der Waals surface area contributed by atoms with Crippen LogP contribution in [0.15, 0.2) is 42.7 Å². The number of anilines is 3. The molecule has 0 spiro atoms. The van der Waals surface area contributed by atoms with E-state index in [0.29, 0.717) is 5.56 Å². The van der Waals surface area contributed by atoms with Crippen LogP contribution in [-0.4, -0.2) is 21.7 Å². The molecule has 27 heavy (non-hydrogen) atoms. The van der Waals surface area contributed by atoms with Crippen LogP contribution in [0.2, 0.25) is 0 Å². The van der Waals surface area contributed by atoms with E-state index in [2.05, 4.69) is 51.4 Å². The lowest BCUT2D eigenvalue weighted by atomic mass is 10.0. The molecule has 0 saturated heterocycles. The van der Waals surface area contributed by atoms with E-state index >= 15 is 0 Å². The van der Waals surface area contributed by atoms with Gasteiger partial charge in [-0.05, 0) is 48.7 Å². The molecule has 0 bridgehead atoms. The number of rotatable bonds is 3. The third-order valence-corrected chi connectivity index (χ3v) is 5.00. The van der Waals surface area contributed by atoms with Gasteiger partial charge in [0.2, 0.25) is 0 Å². The minimum absolute atomic E-state index is 0.613. The Morgan fingerprint density at radius 3 is 2.89 bits per heavy atom. The summed E-state index contributed by atoms with van der Waals surface area (Å²) in [5.41, 5.74) is 6.88. The summed E-state index contributed by atoms with van der Waals surface area (Å²) in [5.74, 6) is 0.939. The quantitative estimate of drug-likeness (QED) is 0.771. The maximum Gasteiger partial charge on any atom is 0.154 e. The second kappa shape index (κ2) is 7.04. The van der Waals surface area contributed by atoms with Crippen LogP contribution >= 0.6 is 0 Å². The van der Waals surface area contributed by atoms with E-state index in [1.165, 1.54) is 11.1 Å². The number of pyridine rings is 1. The first kappa shape index (κ1) is 17.0. The molecule has 0 unspecified atom stereocenters. The smallest absolute Gasteiger partial charge is 0.154 e. The van der Waals surface area contributed by atoms with Gasteiger partial charge in [-0.3, -0.25) is 4.98 Å². The number of nitrogens with zero attached hydrogens (tertiary/aromatic N) is 5. The van der Waals surface area contributed by atoms with Crippen LogP contribution in [-0.2, 0) is 13.0 Å². The van der Waals surface area contributed by atoms with E-state index in [4.69, 9.17) is 0 Å². The van der Waals surface area contributed by atoms with Crippen LogP contribution in [0.3, 0.4) is 0 Å². The Hall–Kier alpha value is -3.46. The lowest BCUT2D eigenvalue weighted by Gasteiger charge is -2.30. The van der Waals surface area contributed by atoms with Crippen LogP contribution < -0.4 is 10.2 Å². The second-order valence-corrected chi connectivity index (χ2v) is 6.76. The molecule has 134 valence electrons. The lowest BCUT2D eigenvalue weighted by Crippen LogP contribution is -2.32. The number of nitrogens with one attached hydrogen (secondary N) is 1. The fraction of sp³-hybridized carbons (Fsp3) is 0.238. The molecule has 1 aliphatic rings. The summed E-state index contributed by atoms with van der Waals surface area (Å²) in [7, 11) is 0. The number of aryl methyl sites for hydroxylation is 1. The summed E-state index contributed by atoms with van der Waals surface area (Å²) in [6.07, 6.45) is 4.51. The van der Waals surface area contributed by atoms with E-state index < -0.39 is 0 Å². The molecule has 1 N–H and O–H groups in total. The zero-order valence-corrected chi connectivity index (χ0v) is 15.4. The lowest BCUT2D eigenvalue weighted by molar-refractivity contribution is 0.692. The van der Waals surface area contributed by atoms with Crippen LogP contribution in [0.25, 0.3) is 0 Å². The van der Waals surface area contributed by atoms with Gasteiger partial charge in [0.25, 0.3) is 0 Å². The van der Waals surface area contributed by atoms with E-state index in [1.54, 1.807) is 12.3 Å². The fourth-order valence-electron chi connectivity index (χ4n) is 3.34. The zero-order chi connectivity index (χ0) is 18.8. The monoisotopic (exact) mass is 356 g/mol. The number of nitriles is 1. The van der Waals surface area contributed by atoms with Crippen molar-refractivity contribution >= 4 is 17.2 Å². The third-order valence-electron chi connectivity index (χ3n) is 5.00. The van der Waals surface area contributed by atoms with Gasteiger partial charge in [0, 0.05) is 25.2 Å². The molecule has 0 radical (unpaired) electrons. The first-order valence-electron chi connectivity index (χ1n) is 8.93. The summed E-state index contributed by atoms with van der Waals surface area (Å²) in [5, 5.41) is 21.1. The van der Waals surface area contributed by atoms with Crippen molar-refractivity contribution in [2.24, 2.45) is 0 Å². The maximum absolute atomic E-state index is 9.27. The molecule has 0 atom stereocenters. The number of hydrogen-bond acceptors (Lipinski definition) is 6. The van der Waals surface area contributed by atoms with Crippen molar-refractivity contribution in [3.05, 3.63) is 70.7 Å². The van der Waals surface area contributed by atoms with Crippen molar-refractivity contribution in [2.45, 2.75) is 26.8 Å². The molecule has 3 heterocycles. The maximum atomic E-state index is 9.27. The van der Waals surface area contributed by atoms with Crippen molar-refractivity contribution in [3.63, 3.8) is 0 Å². The molecule has 0 aliphatic carbocycles. The van der Waals surface area contributed by atoms with E-state index in [-0.39, 0.29) is 0 Å². The molecule has 0 fully saturated rings. The van der Waals surface area contributed by atoms with Gasteiger partial charge in [-0.15, -0.1) is 5.10 Å². The predicted molar refractivity (Wildman–Crippen MR) is 105 cm³/mol. The van der Waals surface area contributed by atoms with Gasteiger partial charge >= 0.3 is 0 Å². The van der Waals surface area contributed by atoms with Gasteiger partial charge in [-0.25, -0.2) is 0 Å². The number of benzene rings is 1. The van der Waals surface area contributed by atoms with Crippen LogP contribution in [0.1, 0.15) is 27.9 Å². The molecule has 6 nitrogen and oxygen atoms in total. The average molecular weight is 356 g/mol. The van der Waals surface area contributed by atoms with E-state index in [1.807, 2.05) is 24.4 Å². The Morgan fingerprint density at radius 2 is 2.04 bits per heavy atom. The fourth-order valence-corrected chi connectivity index (χ4v) is 3.34. The number of para-hydroxylation sites is 1. The van der Waals surface area contributed by atoms with Gasteiger partial charge in [-0.1, -0.05) is 12.1 Å². The van der Waals surface area contributed by atoms with Gasteiger partial charge < -0.3 is 10.2 Å². The van der Waals surface area contributed by atoms with Gasteiger partial charge in [0.1, 0.15) is 6.07 Å². The standard InChI is InChI=1S/C21H20N6/c1-14-11-24-26-21(15(14)2)27-8-7-19-17(13-27)9-18(12-23-19)25-20-6-4-3-5-16(20)10-22/h3-6,9,11-12,25H,7-8,13H2,1-2H3. The summed E-state index contributed by atoms with van der Waals surface area (Å²) in [4.78, 5) is 6.89. The average Bonchev–Trinajstić information content (AvgIpc) is 2.70. The van der Waals surface area contributed by atoms with Crippen molar-refractivity contribution in [2.75, 3.05) is 16.8 Å². The molecular formula is C21H20N6. The molecular weight excluding hydrogens is 336 g/mol. The normalized spacial score (nSPS) is 13.0. The molecule has 6 heteroatoms. The van der Waals surface area contributed by atoms with Crippen molar-refractivity contribution in [1.29, 1.82) is 5.26 Å². The Bertz CT molecular complexity index is 1040. The Morgan fingerprint density at radius 1 is 1.19 bits per heavy atom. The molecule has 4 rings (SSSR count). The Labute approximate surface area is 158 Å².